The van der Waals surface area contributed by atoms with Gasteiger partial charge in [0, 0.05) is 44.5 Å². The van der Waals surface area contributed by atoms with Gasteiger partial charge in [0.2, 0.25) is 11.8 Å². The van der Waals surface area contributed by atoms with Crippen LogP contribution in [0.4, 0.5) is 0 Å². The average molecular weight is 346 g/mol. The number of carbonyl (C=O) groups is 2. The number of rotatable bonds is 3. The van der Waals surface area contributed by atoms with E-state index in [0.717, 1.165) is 37.1 Å². The Bertz CT molecular complexity index is 731. The molecule has 0 aliphatic carbocycles. The summed E-state index contributed by atoms with van der Waals surface area (Å²) in [6.07, 6.45) is 3.57. The van der Waals surface area contributed by atoms with Gasteiger partial charge in [0.05, 0.1) is 5.41 Å². The maximum absolute atomic E-state index is 12.6. The van der Waals surface area contributed by atoms with Crippen molar-refractivity contribution in [1.29, 1.82) is 0 Å². The highest BCUT2D eigenvalue weighted by molar-refractivity contribution is 5.86. The van der Waals surface area contributed by atoms with Gasteiger partial charge in [0.25, 0.3) is 0 Å². The number of carbonyl (C=O) groups excluding carboxylic acids is 2. The number of piperidine rings is 1. The molecule has 7 nitrogen and oxygen atoms in total. The van der Waals surface area contributed by atoms with Crippen LogP contribution in [-0.4, -0.2) is 58.3 Å². The normalized spacial score (nSPS) is 23.6. The molecule has 1 atom stereocenters. The maximum atomic E-state index is 12.6. The van der Waals surface area contributed by atoms with Crippen molar-refractivity contribution in [3.63, 3.8) is 0 Å². The van der Waals surface area contributed by atoms with Gasteiger partial charge in [-0.25, -0.2) is 4.79 Å². The molecule has 1 spiro atoms. The molecule has 136 valence electrons. The van der Waals surface area contributed by atoms with Crippen LogP contribution in [0.25, 0.3) is 0 Å². The van der Waals surface area contributed by atoms with E-state index in [1.807, 2.05) is 18.9 Å². The summed E-state index contributed by atoms with van der Waals surface area (Å²) in [5, 5.41) is 0. The number of aromatic nitrogens is 2. The molecule has 0 saturated carbocycles. The van der Waals surface area contributed by atoms with Crippen molar-refractivity contribution in [3.05, 3.63) is 27.4 Å². The number of hydrogen-bond donors (Lipinski definition) is 1. The van der Waals surface area contributed by atoms with E-state index in [9.17, 15) is 14.4 Å². The molecule has 2 fully saturated rings. The molecule has 2 amide bonds. The monoisotopic (exact) mass is 346 g/mol. The SMILES string of the molecule is Cc1nc(=O)[nH]c(C)c1CCC(=O)N1CC[C@]2(CCCN(C)C2=O)C1. The zero-order valence-electron chi connectivity index (χ0n) is 15.2. The van der Waals surface area contributed by atoms with E-state index in [-0.39, 0.29) is 22.9 Å². The molecule has 25 heavy (non-hydrogen) atoms. The van der Waals surface area contributed by atoms with Crippen molar-refractivity contribution in [2.45, 2.75) is 46.0 Å². The van der Waals surface area contributed by atoms with Crippen molar-refractivity contribution in [1.82, 2.24) is 19.8 Å². The van der Waals surface area contributed by atoms with Gasteiger partial charge in [-0.3, -0.25) is 9.59 Å². The first-order valence-electron chi connectivity index (χ1n) is 8.92. The number of H-pyrrole nitrogens is 1. The number of aryl methyl sites for hydroxylation is 2. The third-order valence-corrected chi connectivity index (χ3v) is 5.70. The number of hydrogen-bond acceptors (Lipinski definition) is 4. The Morgan fingerprint density at radius 2 is 2.00 bits per heavy atom. The van der Waals surface area contributed by atoms with Gasteiger partial charge >= 0.3 is 5.69 Å². The summed E-state index contributed by atoms with van der Waals surface area (Å²) in [6, 6.07) is 0. The van der Waals surface area contributed by atoms with Gasteiger partial charge in [-0.05, 0) is 45.1 Å². The predicted octanol–water partition coefficient (Wildman–Crippen LogP) is 0.790. The highest BCUT2D eigenvalue weighted by atomic mass is 16.2. The lowest BCUT2D eigenvalue weighted by Crippen LogP contribution is -2.48. The van der Waals surface area contributed by atoms with E-state index in [2.05, 4.69) is 9.97 Å². The highest BCUT2D eigenvalue weighted by Crippen LogP contribution is 2.39. The minimum absolute atomic E-state index is 0.0721. The third-order valence-electron chi connectivity index (χ3n) is 5.70. The molecular formula is C18H26N4O3. The second-order valence-electron chi connectivity index (χ2n) is 7.41. The molecule has 2 aliphatic rings. The molecule has 2 aliphatic heterocycles. The minimum Gasteiger partial charge on any atom is -0.345 e. The lowest BCUT2D eigenvalue weighted by atomic mass is 9.78. The Kier molecular flexibility index (Phi) is 4.67. The molecular weight excluding hydrogens is 320 g/mol. The zero-order chi connectivity index (χ0) is 18.2. The van der Waals surface area contributed by atoms with Gasteiger partial charge in [-0.15, -0.1) is 0 Å². The highest BCUT2D eigenvalue weighted by Gasteiger charge is 2.48. The van der Waals surface area contributed by atoms with E-state index >= 15 is 0 Å². The summed E-state index contributed by atoms with van der Waals surface area (Å²) in [5.74, 6) is 0.258. The number of likely N-dealkylation sites (tertiary alicyclic amines) is 2. The molecule has 1 aromatic rings. The first-order valence-corrected chi connectivity index (χ1v) is 8.92. The smallest absolute Gasteiger partial charge is 0.345 e. The molecule has 2 saturated heterocycles. The van der Waals surface area contributed by atoms with Crippen LogP contribution in [0.5, 0.6) is 0 Å². The minimum atomic E-state index is -0.367. The average Bonchev–Trinajstić information content (AvgIpc) is 2.96. The second kappa shape index (κ2) is 6.61. The Hall–Kier alpha value is -2.18. The van der Waals surface area contributed by atoms with Crippen LogP contribution in [0.2, 0.25) is 0 Å². The molecule has 1 aromatic heterocycles. The van der Waals surface area contributed by atoms with Crippen molar-refractivity contribution < 1.29 is 9.59 Å². The van der Waals surface area contributed by atoms with E-state index < -0.39 is 0 Å². The summed E-state index contributed by atoms with van der Waals surface area (Å²) in [7, 11) is 1.85. The molecule has 3 rings (SSSR count). The van der Waals surface area contributed by atoms with Gasteiger partial charge in [0.15, 0.2) is 0 Å². The summed E-state index contributed by atoms with van der Waals surface area (Å²) in [5.41, 5.74) is 1.65. The number of nitrogens with zero attached hydrogens (tertiary/aromatic N) is 3. The number of aromatic amines is 1. The van der Waals surface area contributed by atoms with Crippen LogP contribution in [0.1, 0.15) is 42.6 Å². The topological polar surface area (TPSA) is 86.4 Å². The molecule has 7 heteroatoms. The Labute approximate surface area is 147 Å². The second-order valence-corrected chi connectivity index (χ2v) is 7.41. The van der Waals surface area contributed by atoms with Crippen LogP contribution in [0.15, 0.2) is 4.79 Å². The first kappa shape index (κ1) is 17.6. The molecule has 0 aromatic carbocycles. The molecule has 3 heterocycles. The van der Waals surface area contributed by atoms with E-state index in [0.29, 0.717) is 31.6 Å². The standard InChI is InChI=1S/C18H26N4O3/c1-12-14(13(2)20-17(25)19-12)5-6-15(23)22-10-8-18(11-22)7-4-9-21(3)16(18)24/h4-11H2,1-3H3,(H,19,20,25)/t18-/m1/s1. The van der Waals surface area contributed by atoms with Crippen molar-refractivity contribution >= 4 is 11.8 Å². The van der Waals surface area contributed by atoms with Gasteiger partial charge < -0.3 is 14.8 Å². The molecule has 0 unspecified atom stereocenters. The van der Waals surface area contributed by atoms with Crippen LogP contribution >= 0.6 is 0 Å². The molecule has 0 bridgehead atoms. The third kappa shape index (κ3) is 3.32. The van der Waals surface area contributed by atoms with E-state index in [1.165, 1.54) is 0 Å². The maximum Gasteiger partial charge on any atom is 0.345 e. The summed E-state index contributed by atoms with van der Waals surface area (Å²) >= 11 is 0. The van der Waals surface area contributed by atoms with E-state index in [1.54, 1.807) is 11.8 Å². The Morgan fingerprint density at radius 3 is 2.72 bits per heavy atom. The van der Waals surface area contributed by atoms with Crippen molar-refractivity contribution in [2.75, 3.05) is 26.7 Å². The predicted molar refractivity (Wildman–Crippen MR) is 93.2 cm³/mol. The summed E-state index contributed by atoms with van der Waals surface area (Å²) in [4.78, 5) is 46.8. The van der Waals surface area contributed by atoms with Crippen LogP contribution in [0, 0.1) is 19.3 Å². The number of nitrogens with one attached hydrogen (secondary N) is 1. The van der Waals surface area contributed by atoms with Crippen LogP contribution in [-0.2, 0) is 16.0 Å². The van der Waals surface area contributed by atoms with E-state index in [4.69, 9.17) is 0 Å². The summed E-state index contributed by atoms with van der Waals surface area (Å²) < 4.78 is 0. The number of amides is 2. The quantitative estimate of drug-likeness (QED) is 0.877. The van der Waals surface area contributed by atoms with Gasteiger partial charge in [-0.2, -0.15) is 4.98 Å². The fourth-order valence-corrected chi connectivity index (χ4v) is 4.25. The fourth-order valence-electron chi connectivity index (χ4n) is 4.25. The Morgan fingerprint density at radius 1 is 1.24 bits per heavy atom. The fraction of sp³-hybridized carbons (Fsp3) is 0.667. The van der Waals surface area contributed by atoms with Crippen molar-refractivity contribution in [3.8, 4) is 0 Å². The van der Waals surface area contributed by atoms with Crippen LogP contribution < -0.4 is 5.69 Å². The molecule has 0 radical (unpaired) electrons. The van der Waals surface area contributed by atoms with Crippen molar-refractivity contribution in [2.24, 2.45) is 5.41 Å². The van der Waals surface area contributed by atoms with Gasteiger partial charge in [-0.1, -0.05) is 0 Å². The van der Waals surface area contributed by atoms with Gasteiger partial charge in [0.1, 0.15) is 0 Å². The lowest BCUT2D eigenvalue weighted by molar-refractivity contribution is -0.144. The lowest BCUT2D eigenvalue weighted by Gasteiger charge is -2.37. The summed E-state index contributed by atoms with van der Waals surface area (Å²) in [6.45, 7) is 5.63. The largest absolute Gasteiger partial charge is 0.345 e. The molecule has 1 N–H and O–H groups in total. The zero-order valence-corrected chi connectivity index (χ0v) is 15.2. The Balaban J connectivity index is 1.64. The van der Waals surface area contributed by atoms with Crippen LogP contribution in [0.3, 0.4) is 0 Å². The first-order chi connectivity index (χ1) is 11.8.